The zero-order valence-corrected chi connectivity index (χ0v) is 12.4. The van der Waals surface area contributed by atoms with Crippen LogP contribution in [0.15, 0.2) is 22.7 Å². The number of likely N-dealkylation sites (tertiary alicyclic amines) is 1. The van der Waals surface area contributed by atoms with Gasteiger partial charge in [0.2, 0.25) is 0 Å². The molecule has 1 heterocycles. The second-order valence-electron chi connectivity index (χ2n) is 4.67. The molecule has 0 bridgehead atoms. The number of likely N-dealkylation sites (N-methyl/N-ethyl adjacent to an activating group) is 1. The minimum Gasteiger partial charge on any atom is -0.496 e. The summed E-state index contributed by atoms with van der Waals surface area (Å²) in [4.78, 5) is 16.3. The molecule has 4 nitrogen and oxygen atoms in total. The third-order valence-electron chi connectivity index (χ3n) is 3.27. The van der Waals surface area contributed by atoms with E-state index in [1.807, 2.05) is 31.1 Å². The SMILES string of the molecule is COc1cc(Br)ccc1C(=O)N1CC(N(C)C)C1. The van der Waals surface area contributed by atoms with E-state index in [0.717, 1.165) is 17.6 Å². The third kappa shape index (κ3) is 2.52. The van der Waals surface area contributed by atoms with E-state index in [4.69, 9.17) is 4.74 Å². The maximum atomic E-state index is 12.3. The average molecular weight is 313 g/mol. The molecule has 5 heteroatoms. The van der Waals surface area contributed by atoms with Crippen LogP contribution >= 0.6 is 15.9 Å². The van der Waals surface area contributed by atoms with Crippen molar-refractivity contribution in [3.05, 3.63) is 28.2 Å². The summed E-state index contributed by atoms with van der Waals surface area (Å²) < 4.78 is 6.16. The van der Waals surface area contributed by atoms with E-state index >= 15 is 0 Å². The van der Waals surface area contributed by atoms with Crippen molar-refractivity contribution in [3.63, 3.8) is 0 Å². The van der Waals surface area contributed by atoms with E-state index in [0.29, 0.717) is 17.4 Å². The van der Waals surface area contributed by atoms with Crippen molar-refractivity contribution in [2.75, 3.05) is 34.3 Å². The summed E-state index contributed by atoms with van der Waals surface area (Å²) in [7, 11) is 5.65. The van der Waals surface area contributed by atoms with E-state index in [-0.39, 0.29) is 5.91 Å². The first kappa shape index (κ1) is 13.4. The fourth-order valence-electron chi connectivity index (χ4n) is 1.96. The molecular weight excluding hydrogens is 296 g/mol. The molecule has 1 aromatic rings. The molecule has 18 heavy (non-hydrogen) atoms. The van der Waals surface area contributed by atoms with Gasteiger partial charge in [-0.15, -0.1) is 0 Å². The zero-order chi connectivity index (χ0) is 13.3. The average Bonchev–Trinajstić information content (AvgIpc) is 2.25. The van der Waals surface area contributed by atoms with Gasteiger partial charge in [-0.3, -0.25) is 4.79 Å². The van der Waals surface area contributed by atoms with E-state index in [1.165, 1.54) is 0 Å². The molecule has 1 aromatic carbocycles. The number of hydrogen-bond donors (Lipinski definition) is 0. The standard InChI is InChI=1S/C13H17BrN2O2/c1-15(2)10-7-16(8-10)13(17)11-5-4-9(14)6-12(11)18-3/h4-6,10H,7-8H2,1-3H3. The minimum atomic E-state index is 0.0393. The lowest BCUT2D eigenvalue weighted by molar-refractivity contribution is 0.0396. The van der Waals surface area contributed by atoms with Crippen LogP contribution in [0.5, 0.6) is 5.75 Å². The predicted octanol–water partition coefficient (Wildman–Crippen LogP) is 1.84. The number of ether oxygens (including phenoxy) is 1. The molecule has 1 aliphatic rings. The predicted molar refractivity (Wildman–Crippen MR) is 74.1 cm³/mol. The normalized spacial score (nSPS) is 15.7. The highest BCUT2D eigenvalue weighted by Gasteiger charge is 2.33. The van der Waals surface area contributed by atoms with E-state index in [1.54, 1.807) is 13.2 Å². The maximum Gasteiger partial charge on any atom is 0.257 e. The van der Waals surface area contributed by atoms with Gasteiger partial charge in [-0.1, -0.05) is 15.9 Å². The number of hydrogen-bond acceptors (Lipinski definition) is 3. The zero-order valence-electron chi connectivity index (χ0n) is 10.8. The van der Waals surface area contributed by atoms with Gasteiger partial charge >= 0.3 is 0 Å². The second kappa shape index (κ2) is 5.28. The first-order valence-electron chi connectivity index (χ1n) is 5.82. The van der Waals surface area contributed by atoms with Gasteiger partial charge in [-0.25, -0.2) is 0 Å². The molecule has 1 fully saturated rings. The lowest BCUT2D eigenvalue weighted by Crippen LogP contribution is -2.59. The Morgan fingerprint density at radius 2 is 2.11 bits per heavy atom. The van der Waals surface area contributed by atoms with Gasteiger partial charge < -0.3 is 14.5 Å². The monoisotopic (exact) mass is 312 g/mol. The Morgan fingerprint density at radius 3 is 2.67 bits per heavy atom. The molecule has 0 saturated carbocycles. The Labute approximate surface area is 116 Å². The molecule has 0 radical (unpaired) electrons. The van der Waals surface area contributed by atoms with Crippen molar-refractivity contribution < 1.29 is 9.53 Å². The molecule has 0 aromatic heterocycles. The largest absolute Gasteiger partial charge is 0.496 e. The Bertz CT molecular complexity index is 456. The molecule has 0 atom stereocenters. The van der Waals surface area contributed by atoms with Crippen molar-refractivity contribution in [3.8, 4) is 5.75 Å². The number of benzene rings is 1. The topological polar surface area (TPSA) is 32.8 Å². The summed E-state index contributed by atoms with van der Waals surface area (Å²) in [6.07, 6.45) is 0. The molecule has 1 saturated heterocycles. The number of methoxy groups -OCH3 is 1. The van der Waals surface area contributed by atoms with Crippen LogP contribution in [0.2, 0.25) is 0 Å². The molecule has 1 amide bonds. The van der Waals surface area contributed by atoms with Crippen LogP contribution in [-0.4, -0.2) is 56.0 Å². The fourth-order valence-corrected chi connectivity index (χ4v) is 2.30. The quantitative estimate of drug-likeness (QED) is 0.854. The number of amides is 1. The van der Waals surface area contributed by atoms with Gasteiger partial charge in [0.25, 0.3) is 5.91 Å². The van der Waals surface area contributed by atoms with Crippen LogP contribution in [0.25, 0.3) is 0 Å². The summed E-state index contributed by atoms with van der Waals surface area (Å²) in [5.74, 6) is 0.653. The first-order valence-corrected chi connectivity index (χ1v) is 6.61. The van der Waals surface area contributed by atoms with Gasteiger partial charge in [0.05, 0.1) is 12.7 Å². The van der Waals surface area contributed by atoms with Crippen LogP contribution < -0.4 is 4.74 Å². The lowest BCUT2D eigenvalue weighted by atomic mass is 10.1. The van der Waals surface area contributed by atoms with Crippen molar-refractivity contribution >= 4 is 21.8 Å². The van der Waals surface area contributed by atoms with E-state index in [9.17, 15) is 4.79 Å². The van der Waals surface area contributed by atoms with Crippen LogP contribution in [0.4, 0.5) is 0 Å². The van der Waals surface area contributed by atoms with Crippen molar-refractivity contribution in [2.45, 2.75) is 6.04 Å². The molecule has 1 aliphatic heterocycles. The highest BCUT2D eigenvalue weighted by molar-refractivity contribution is 9.10. The molecule has 0 aliphatic carbocycles. The van der Waals surface area contributed by atoms with Crippen molar-refractivity contribution in [1.29, 1.82) is 0 Å². The smallest absolute Gasteiger partial charge is 0.257 e. The van der Waals surface area contributed by atoms with Crippen LogP contribution in [0.1, 0.15) is 10.4 Å². The Balaban J connectivity index is 2.11. The highest BCUT2D eigenvalue weighted by Crippen LogP contribution is 2.26. The Morgan fingerprint density at radius 1 is 1.44 bits per heavy atom. The fraction of sp³-hybridized carbons (Fsp3) is 0.462. The molecule has 0 spiro atoms. The number of halogens is 1. The van der Waals surface area contributed by atoms with Crippen molar-refractivity contribution in [2.24, 2.45) is 0 Å². The molecular formula is C13H17BrN2O2. The van der Waals surface area contributed by atoms with Gasteiger partial charge in [-0.2, -0.15) is 0 Å². The Kier molecular flexibility index (Phi) is 3.92. The van der Waals surface area contributed by atoms with Gasteiger partial charge in [0.15, 0.2) is 0 Å². The summed E-state index contributed by atoms with van der Waals surface area (Å²) in [5, 5.41) is 0. The minimum absolute atomic E-state index is 0.0393. The van der Waals surface area contributed by atoms with E-state index in [2.05, 4.69) is 20.8 Å². The van der Waals surface area contributed by atoms with Crippen molar-refractivity contribution in [1.82, 2.24) is 9.80 Å². The highest BCUT2D eigenvalue weighted by atomic mass is 79.9. The molecule has 0 N–H and O–H groups in total. The molecule has 2 rings (SSSR count). The maximum absolute atomic E-state index is 12.3. The number of rotatable bonds is 3. The number of carbonyl (C=O) groups excluding carboxylic acids is 1. The first-order chi connectivity index (χ1) is 8.52. The lowest BCUT2D eigenvalue weighted by Gasteiger charge is -2.42. The number of nitrogens with zero attached hydrogens (tertiary/aromatic N) is 2. The van der Waals surface area contributed by atoms with Gasteiger partial charge in [0.1, 0.15) is 5.75 Å². The number of carbonyl (C=O) groups is 1. The molecule has 0 unspecified atom stereocenters. The van der Waals surface area contributed by atoms with Crippen LogP contribution in [0.3, 0.4) is 0 Å². The summed E-state index contributed by atoms with van der Waals surface area (Å²) in [6.45, 7) is 1.57. The van der Waals surface area contributed by atoms with Gasteiger partial charge in [-0.05, 0) is 32.3 Å². The van der Waals surface area contributed by atoms with Crippen LogP contribution in [0, 0.1) is 0 Å². The second-order valence-corrected chi connectivity index (χ2v) is 5.59. The van der Waals surface area contributed by atoms with Gasteiger partial charge in [0, 0.05) is 23.6 Å². The summed E-state index contributed by atoms with van der Waals surface area (Å²) in [5.41, 5.74) is 0.623. The summed E-state index contributed by atoms with van der Waals surface area (Å²) >= 11 is 3.37. The molecule has 98 valence electrons. The summed E-state index contributed by atoms with van der Waals surface area (Å²) in [6, 6.07) is 5.94. The Hall–Kier alpha value is -1.07. The third-order valence-corrected chi connectivity index (χ3v) is 3.77. The van der Waals surface area contributed by atoms with E-state index < -0.39 is 0 Å². The van der Waals surface area contributed by atoms with Crippen LogP contribution in [-0.2, 0) is 0 Å².